The van der Waals surface area contributed by atoms with E-state index in [1.165, 1.54) is 17.4 Å². The number of ether oxygens (including phenoxy) is 1. The summed E-state index contributed by atoms with van der Waals surface area (Å²) in [7, 11) is 0. The lowest BCUT2D eigenvalue weighted by Gasteiger charge is -2.04. The lowest BCUT2D eigenvalue weighted by Crippen LogP contribution is -1.99. The molecule has 0 atom stereocenters. The summed E-state index contributed by atoms with van der Waals surface area (Å²) in [6.07, 6.45) is 0. The van der Waals surface area contributed by atoms with E-state index in [0.717, 1.165) is 10.2 Å². The number of thiazole rings is 1. The van der Waals surface area contributed by atoms with Gasteiger partial charge in [-0.05, 0) is 36.3 Å². The number of carbonyl (C=O) groups is 1. The first-order valence-corrected chi connectivity index (χ1v) is 8.78. The van der Waals surface area contributed by atoms with Gasteiger partial charge in [0, 0.05) is 10.6 Å². The minimum Gasteiger partial charge on any atom is -0.476 e. The Morgan fingerprint density at radius 3 is 2.89 bits per heavy atom. The normalized spacial score (nSPS) is 10.4. The minimum absolute atomic E-state index is 0.0881. The number of hydrogen-bond acceptors (Lipinski definition) is 6. The van der Waals surface area contributed by atoms with Crippen LogP contribution in [0.15, 0.2) is 42.5 Å². The first-order valence-electron chi connectivity index (χ1n) is 7.59. The van der Waals surface area contributed by atoms with Gasteiger partial charge in [0.25, 0.3) is 5.88 Å². The van der Waals surface area contributed by atoms with Gasteiger partial charge in [-0.25, -0.2) is 14.9 Å². The molecule has 2 aromatic heterocycles. The Balaban J connectivity index is 1.63. The third-order valence-corrected chi connectivity index (χ3v) is 4.59. The lowest BCUT2D eigenvalue weighted by molar-refractivity contribution is 0.0687. The minimum atomic E-state index is -1.25. The van der Waals surface area contributed by atoms with Gasteiger partial charge in [0.2, 0.25) is 5.69 Å². The topological polar surface area (TPSA) is 101 Å². The molecule has 4 aromatic rings. The number of H-pyrrole nitrogens is 1. The summed E-state index contributed by atoms with van der Waals surface area (Å²) in [5.74, 6) is 4.97. The molecule has 0 aliphatic rings. The molecule has 132 valence electrons. The Morgan fingerprint density at radius 1 is 1.22 bits per heavy atom. The number of para-hydroxylation sites is 1. The Labute approximate surface area is 161 Å². The number of carboxylic acids is 1. The standard InChI is InChI=1S/C18H9ClN4O3S/c19-11-7-10(5-6-15-20-13-3-1-2-4-14(13)27-15)8-12(9-11)26-17-16(18(24)25)21-23-22-17/h1-4,7-9H,(H,24,25)(H,21,22,23). The van der Waals surface area contributed by atoms with Crippen LogP contribution in [0.4, 0.5) is 0 Å². The predicted molar refractivity (Wildman–Crippen MR) is 100 cm³/mol. The molecule has 27 heavy (non-hydrogen) atoms. The highest BCUT2D eigenvalue weighted by Gasteiger charge is 2.17. The van der Waals surface area contributed by atoms with Crippen molar-refractivity contribution in [1.82, 2.24) is 20.4 Å². The third-order valence-electron chi connectivity index (χ3n) is 3.42. The highest BCUT2D eigenvalue weighted by atomic mass is 35.5. The number of aromatic carboxylic acids is 1. The van der Waals surface area contributed by atoms with E-state index in [2.05, 4.69) is 32.2 Å². The van der Waals surface area contributed by atoms with Gasteiger partial charge in [-0.15, -0.1) is 16.4 Å². The second-order valence-electron chi connectivity index (χ2n) is 5.31. The molecule has 2 aromatic carbocycles. The van der Waals surface area contributed by atoms with Crippen molar-refractivity contribution >= 4 is 39.1 Å². The molecule has 2 N–H and O–H groups in total. The molecule has 0 saturated heterocycles. The summed E-state index contributed by atoms with van der Waals surface area (Å²) in [6, 6.07) is 12.7. The van der Waals surface area contributed by atoms with Crippen molar-refractivity contribution in [3.63, 3.8) is 0 Å². The Morgan fingerprint density at radius 2 is 2.07 bits per heavy atom. The molecule has 0 radical (unpaired) electrons. The molecule has 0 fully saturated rings. The number of nitrogens with one attached hydrogen (secondary N) is 1. The average molecular weight is 397 g/mol. The quantitative estimate of drug-likeness (QED) is 0.508. The van der Waals surface area contributed by atoms with Crippen molar-refractivity contribution in [2.45, 2.75) is 0 Å². The van der Waals surface area contributed by atoms with Gasteiger partial charge in [0.05, 0.1) is 10.2 Å². The number of rotatable bonds is 3. The van der Waals surface area contributed by atoms with E-state index in [9.17, 15) is 4.79 Å². The molecule has 0 amide bonds. The van der Waals surface area contributed by atoms with E-state index in [1.54, 1.807) is 12.1 Å². The van der Waals surface area contributed by atoms with Gasteiger partial charge in [-0.3, -0.25) is 0 Å². The summed E-state index contributed by atoms with van der Waals surface area (Å²) < 4.78 is 6.57. The number of halogens is 1. The lowest BCUT2D eigenvalue weighted by atomic mass is 10.2. The van der Waals surface area contributed by atoms with Crippen molar-refractivity contribution in [3.8, 4) is 23.5 Å². The van der Waals surface area contributed by atoms with Crippen LogP contribution in [0, 0.1) is 11.8 Å². The molecular formula is C18H9ClN4O3S. The largest absolute Gasteiger partial charge is 0.476 e. The fourth-order valence-electron chi connectivity index (χ4n) is 2.29. The summed E-state index contributed by atoms with van der Waals surface area (Å²) in [6.45, 7) is 0. The second kappa shape index (κ2) is 7.07. The van der Waals surface area contributed by atoms with Gasteiger partial charge in [-0.2, -0.15) is 0 Å². The Hall–Kier alpha value is -3.41. The maximum atomic E-state index is 11.1. The number of benzene rings is 2. The van der Waals surface area contributed by atoms with Crippen LogP contribution in [0.5, 0.6) is 11.6 Å². The van der Waals surface area contributed by atoms with Crippen LogP contribution >= 0.6 is 22.9 Å². The first-order chi connectivity index (χ1) is 13.1. The van der Waals surface area contributed by atoms with Crippen molar-refractivity contribution < 1.29 is 14.6 Å². The predicted octanol–water partition coefficient (Wildman–Crippen LogP) is 3.96. The zero-order valence-electron chi connectivity index (χ0n) is 13.4. The number of aromatic amines is 1. The zero-order chi connectivity index (χ0) is 18.8. The molecule has 9 heteroatoms. The number of hydrogen-bond donors (Lipinski definition) is 2. The molecule has 0 aliphatic heterocycles. The van der Waals surface area contributed by atoms with Crippen molar-refractivity contribution in [1.29, 1.82) is 0 Å². The van der Waals surface area contributed by atoms with Gasteiger partial charge >= 0.3 is 5.97 Å². The van der Waals surface area contributed by atoms with Gasteiger partial charge in [-0.1, -0.05) is 34.9 Å². The summed E-state index contributed by atoms with van der Waals surface area (Å²) >= 11 is 7.62. The highest BCUT2D eigenvalue weighted by molar-refractivity contribution is 7.19. The van der Waals surface area contributed by atoms with Crippen LogP contribution in [0.3, 0.4) is 0 Å². The summed E-state index contributed by atoms with van der Waals surface area (Å²) in [4.78, 5) is 15.5. The van der Waals surface area contributed by atoms with Crippen molar-refractivity contribution in [3.05, 3.63) is 63.8 Å². The van der Waals surface area contributed by atoms with Gasteiger partial charge < -0.3 is 9.84 Å². The number of fused-ring (bicyclic) bond motifs is 1. The fourth-order valence-corrected chi connectivity index (χ4v) is 3.34. The molecule has 4 rings (SSSR count). The SMILES string of the molecule is O=C(O)c1nn[nH]c1Oc1cc(Cl)cc(C#Cc2nc3ccccc3s2)c1. The van der Waals surface area contributed by atoms with Crippen LogP contribution in [0.25, 0.3) is 10.2 Å². The van der Waals surface area contributed by atoms with E-state index in [-0.39, 0.29) is 11.6 Å². The van der Waals surface area contributed by atoms with Crippen LogP contribution in [0.2, 0.25) is 5.02 Å². The third kappa shape index (κ3) is 3.74. The van der Waals surface area contributed by atoms with Gasteiger partial charge in [0.15, 0.2) is 5.01 Å². The number of nitrogens with zero attached hydrogens (tertiary/aromatic N) is 3. The molecule has 0 spiro atoms. The molecule has 0 saturated carbocycles. The van der Waals surface area contributed by atoms with Crippen LogP contribution < -0.4 is 4.74 Å². The fraction of sp³-hybridized carbons (Fsp3) is 0. The Kier molecular flexibility index (Phi) is 4.46. The number of carboxylic acid groups (broad SMARTS) is 1. The molecular weight excluding hydrogens is 388 g/mol. The molecule has 0 aliphatic carbocycles. The van der Waals surface area contributed by atoms with Crippen LogP contribution in [0.1, 0.15) is 21.1 Å². The van der Waals surface area contributed by atoms with E-state index in [4.69, 9.17) is 21.4 Å². The maximum absolute atomic E-state index is 11.1. The molecule has 0 unspecified atom stereocenters. The van der Waals surface area contributed by atoms with Crippen LogP contribution in [-0.4, -0.2) is 31.5 Å². The maximum Gasteiger partial charge on any atom is 0.362 e. The van der Waals surface area contributed by atoms with E-state index >= 15 is 0 Å². The highest BCUT2D eigenvalue weighted by Crippen LogP contribution is 2.26. The smallest absolute Gasteiger partial charge is 0.362 e. The van der Waals surface area contributed by atoms with E-state index < -0.39 is 5.97 Å². The summed E-state index contributed by atoms with van der Waals surface area (Å²) in [5.41, 5.74) is 1.17. The molecule has 2 heterocycles. The van der Waals surface area contributed by atoms with Crippen molar-refractivity contribution in [2.24, 2.45) is 0 Å². The first kappa shape index (κ1) is 17.0. The van der Waals surface area contributed by atoms with E-state index in [1.807, 2.05) is 24.3 Å². The van der Waals surface area contributed by atoms with E-state index in [0.29, 0.717) is 21.3 Å². The van der Waals surface area contributed by atoms with Crippen LogP contribution in [-0.2, 0) is 0 Å². The second-order valence-corrected chi connectivity index (χ2v) is 6.78. The summed E-state index contributed by atoms with van der Waals surface area (Å²) in [5, 5.41) is 19.4. The average Bonchev–Trinajstić information content (AvgIpc) is 3.25. The number of aromatic nitrogens is 4. The van der Waals surface area contributed by atoms with Crippen molar-refractivity contribution in [2.75, 3.05) is 0 Å². The Bertz CT molecular complexity index is 1190. The van der Waals surface area contributed by atoms with Gasteiger partial charge in [0.1, 0.15) is 5.75 Å². The zero-order valence-corrected chi connectivity index (χ0v) is 15.0. The molecule has 7 nitrogen and oxygen atoms in total. The molecule has 0 bridgehead atoms. The monoisotopic (exact) mass is 396 g/mol.